The fraction of sp³-hybridized carbons (Fsp3) is 0.480. The number of ketones is 1. The summed E-state index contributed by atoms with van der Waals surface area (Å²) < 4.78 is 19.1. The second-order valence-corrected chi connectivity index (χ2v) is 8.14. The van der Waals surface area contributed by atoms with Crippen LogP contribution in [0.25, 0.3) is 0 Å². The lowest BCUT2D eigenvalue weighted by atomic mass is 9.98. The van der Waals surface area contributed by atoms with Gasteiger partial charge in [0.05, 0.1) is 15.0 Å². The predicted molar refractivity (Wildman–Crippen MR) is 122 cm³/mol. The van der Waals surface area contributed by atoms with Gasteiger partial charge in [0, 0.05) is 39.1 Å². The van der Waals surface area contributed by atoms with E-state index in [9.17, 15) is 9.90 Å². The molecule has 0 saturated carbocycles. The van der Waals surface area contributed by atoms with Crippen LogP contribution in [-0.4, -0.2) is 79.8 Å². The van der Waals surface area contributed by atoms with Gasteiger partial charge in [-0.3, -0.25) is 14.6 Å². The van der Waals surface area contributed by atoms with Gasteiger partial charge in [-0.1, -0.05) is 30.3 Å². The Bertz CT molecular complexity index is 890. The third-order valence-corrected chi connectivity index (χ3v) is 5.75. The quantitative estimate of drug-likeness (QED) is 0.629. The van der Waals surface area contributed by atoms with Crippen LogP contribution in [0.15, 0.2) is 42.5 Å². The molecule has 2 aromatic rings. The van der Waals surface area contributed by atoms with E-state index in [2.05, 4.69) is 4.90 Å². The Morgan fingerprint density at radius 3 is 2.29 bits per heavy atom. The van der Waals surface area contributed by atoms with Crippen LogP contribution in [0.5, 0.6) is 11.5 Å². The number of Topliss-reactive ketones (excluding diaryl/α,β-unsaturated/α-hetero) is 1. The zero-order chi connectivity index (χ0) is 23.1. The molecule has 0 aromatic heterocycles. The fourth-order valence-corrected chi connectivity index (χ4v) is 3.94. The Balaban J connectivity index is 1.43. The highest BCUT2D eigenvalue weighted by Crippen LogP contribution is 2.25. The molecule has 3 rings (SSSR count). The summed E-state index contributed by atoms with van der Waals surface area (Å²) in [6, 6.07) is 13.3. The largest absolute Gasteiger partial charge is 0.493 e. The highest BCUT2D eigenvalue weighted by atomic mass is 16.5. The zero-order valence-electron chi connectivity index (χ0n) is 19.8. The number of hydrogen-bond donors (Lipinski definition) is 1. The number of aryl methyl sites for hydroxylation is 2. The molecule has 6 nitrogen and oxygen atoms in total. The van der Waals surface area contributed by atoms with Gasteiger partial charge in [-0.25, -0.2) is 0 Å². The van der Waals surface area contributed by atoms with Crippen molar-refractivity contribution in [1.82, 2.24) is 9.80 Å². The first-order chi connectivity index (χ1) is 15.3. The average Bonchev–Trinajstić information content (AvgIpc) is 2.76. The first-order valence-corrected chi connectivity index (χ1v) is 10.8. The first kappa shape index (κ1) is 21.8. The molecule has 1 heterocycles. The summed E-state index contributed by atoms with van der Waals surface area (Å²) in [6.07, 6.45) is -1.27. The highest BCUT2D eigenvalue weighted by molar-refractivity contribution is 5.83. The van der Waals surface area contributed by atoms with Crippen LogP contribution in [-0.2, 0) is 11.2 Å². The molecule has 31 heavy (non-hydrogen) atoms. The maximum Gasteiger partial charge on any atom is 0.161 e. The van der Waals surface area contributed by atoms with Gasteiger partial charge in [0.1, 0.15) is 12.7 Å². The van der Waals surface area contributed by atoms with Crippen molar-refractivity contribution in [2.24, 2.45) is 0 Å². The van der Waals surface area contributed by atoms with Gasteiger partial charge >= 0.3 is 0 Å². The summed E-state index contributed by atoms with van der Waals surface area (Å²) >= 11 is 0. The number of carbonyl (C=O) groups is 1. The van der Waals surface area contributed by atoms with Crippen LogP contribution < -0.4 is 9.47 Å². The highest BCUT2D eigenvalue weighted by Gasteiger charge is 2.21. The van der Waals surface area contributed by atoms with Gasteiger partial charge in [-0.2, -0.15) is 0 Å². The molecule has 1 unspecified atom stereocenters. The van der Waals surface area contributed by atoms with Gasteiger partial charge in [0.15, 0.2) is 17.3 Å². The van der Waals surface area contributed by atoms with Crippen LogP contribution >= 0.6 is 0 Å². The molecular formula is C25H34N2O4. The third-order valence-electron chi connectivity index (χ3n) is 5.75. The molecule has 168 valence electrons. The number of para-hydroxylation sites is 2. The molecule has 6 heteroatoms. The van der Waals surface area contributed by atoms with Crippen LogP contribution in [0.1, 0.15) is 18.1 Å². The number of hydrogen-bond acceptors (Lipinski definition) is 6. The second kappa shape index (κ2) is 11.3. The fourth-order valence-electron chi connectivity index (χ4n) is 3.94. The Labute approximate surface area is 186 Å². The zero-order valence-corrected chi connectivity index (χ0v) is 18.8. The van der Waals surface area contributed by atoms with Crippen molar-refractivity contribution < 1.29 is 20.7 Å². The van der Waals surface area contributed by atoms with Gasteiger partial charge in [-0.05, 0) is 42.7 Å². The Morgan fingerprint density at radius 2 is 1.65 bits per heavy atom. The standard InChI is InChI=1S/C25H34N2O4/c1-19-7-6-8-20(2)23(19)15-21(28)16-26-11-13-27(14-12-26)17-22(29)18-31-25-10-5-4-9-24(25)30-3/h4-10,22,29H,11-18H2,1-3H3/i22D. The molecule has 1 aliphatic rings. The normalized spacial score (nSPS) is 17.6. The lowest BCUT2D eigenvalue weighted by molar-refractivity contribution is -0.120. The summed E-state index contributed by atoms with van der Waals surface area (Å²) in [5.41, 5.74) is 3.45. The Morgan fingerprint density at radius 1 is 1.03 bits per heavy atom. The van der Waals surface area contributed by atoms with Crippen molar-refractivity contribution in [2.45, 2.75) is 26.3 Å². The summed E-state index contributed by atoms with van der Waals surface area (Å²) in [6.45, 7) is 7.45. The van der Waals surface area contributed by atoms with Crippen molar-refractivity contribution in [1.29, 1.82) is 0 Å². The van der Waals surface area contributed by atoms with E-state index < -0.39 is 6.08 Å². The molecule has 1 N–H and O–H groups in total. The molecule has 1 atom stereocenters. The van der Waals surface area contributed by atoms with Crippen molar-refractivity contribution in [3.05, 3.63) is 59.2 Å². The van der Waals surface area contributed by atoms with Crippen molar-refractivity contribution in [2.75, 3.05) is 53.0 Å². The lowest BCUT2D eigenvalue weighted by Crippen LogP contribution is -2.50. The minimum absolute atomic E-state index is 0.151. The Kier molecular flexibility index (Phi) is 7.93. The van der Waals surface area contributed by atoms with Crippen molar-refractivity contribution in [3.63, 3.8) is 0 Å². The molecule has 1 saturated heterocycles. The summed E-state index contributed by atoms with van der Waals surface area (Å²) in [4.78, 5) is 16.8. The molecule has 0 aliphatic carbocycles. The number of benzene rings is 2. The lowest BCUT2D eigenvalue weighted by Gasteiger charge is -2.35. The number of piperazine rings is 1. The van der Waals surface area contributed by atoms with Crippen LogP contribution in [0, 0.1) is 13.8 Å². The monoisotopic (exact) mass is 427 g/mol. The molecule has 0 radical (unpaired) electrons. The minimum atomic E-state index is -1.73. The number of ether oxygens (including phenoxy) is 2. The average molecular weight is 428 g/mol. The van der Waals surface area contributed by atoms with Gasteiger partial charge in [0.25, 0.3) is 0 Å². The number of nitrogens with zero attached hydrogens (tertiary/aromatic N) is 2. The molecular weight excluding hydrogens is 392 g/mol. The second-order valence-electron chi connectivity index (χ2n) is 8.14. The van der Waals surface area contributed by atoms with Gasteiger partial charge in [0.2, 0.25) is 0 Å². The SMILES string of the molecule is [2H]C(O)(COc1ccccc1OC)CN1CCN(CC(=O)Cc2c(C)cccc2C)CC1. The van der Waals surface area contributed by atoms with E-state index in [1.807, 2.05) is 49.1 Å². The summed E-state index contributed by atoms with van der Waals surface area (Å²) in [5.74, 6) is 1.30. The van der Waals surface area contributed by atoms with E-state index in [-0.39, 0.29) is 18.9 Å². The first-order valence-electron chi connectivity index (χ1n) is 11.3. The third kappa shape index (κ3) is 6.79. The number of methoxy groups -OCH3 is 1. The number of β-amino-alcohol motifs (C(OH)–C–C–N with tert-alkyl or cyclic N) is 1. The molecule has 0 amide bonds. The number of rotatable bonds is 10. The van der Waals surface area contributed by atoms with E-state index in [1.165, 1.54) is 0 Å². The molecule has 0 bridgehead atoms. The topological polar surface area (TPSA) is 62.2 Å². The van der Waals surface area contributed by atoms with Gasteiger partial charge in [-0.15, -0.1) is 0 Å². The van der Waals surface area contributed by atoms with E-state index in [0.29, 0.717) is 37.6 Å². The van der Waals surface area contributed by atoms with E-state index in [4.69, 9.17) is 10.8 Å². The van der Waals surface area contributed by atoms with Gasteiger partial charge < -0.3 is 14.6 Å². The predicted octanol–water partition coefficient (Wildman–Crippen LogP) is 2.48. The molecule has 0 spiro atoms. The summed E-state index contributed by atoms with van der Waals surface area (Å²) in [5, 5.41) is 10.5. The Hall–Kier alpha value is -2.41. The molecule has 1 fully saturated rings. The van der Waals surface area contributed by atoms with Crippen LogP contribution in [0.3, 0.4) is 0 Å². The van der Waals surface area contributed by atoms with E-state index in [0.717, 1.165) is 29.8 Å². The number of carbonyl (C=O) groups excluding carboxylic acids is 1. The molecule has 1 aliphatic heterocycles. The smallest absolute Gasteiger partial charge is 0.161 e. The van der Waals surface area contributed by atoms with Crippen molar-refractivity contribution in [3.8, 4) is 11.5 Å². The van der Waals surface area contributed by atoms with Crippen LogP contribution in [0.4, 0.5) is 0 Å². The maximum absolute atomic E-state index is 12.6. The number of aliphatic hydroxyl groups is 1. The van der Waals surface area contributed by atoms with Crippen LogP contribution in [0.2, 0.25) is 0 Å². The molecule has 2 aromatic carbocycles. The minimum Gasteiger partial charge on any atom is -0.493 e. The van der Waals surface area contributed by atoms with E-state index >= 15 is 0 Å². The maximum atomic E-state index is 12.6. The summed E-state index contributed by atoms with van der Waals surface area (Å²) in [7, 11) is 1.56. The van der Waals surface area contributed by atoms with E-state index in [1.54, 1.807) is 19.2 Å². The van der Waals surface area contributed by atoms with Crippen molar-refractivity contribution >= 4 is 5.78 Å².